The third-order valence-corrected chi connectivity index (χ3v) is 6.32. The molecule has 112 valence electrons. The molecule has 1 aliphatic carbocycles. The quantitative estimate of drug-likeness (QED) is 0.635. The number of hydrogen-bond acceptors (Lipinski definition) is 1. The molecule has 1 aromatic carbocycles. The van der Waals surface area contributed by atoms with Crippen LogP contribution in [-0.2, 0) is 5.41 Å². The van der Waals surface area contributed by atoms with Gasteiger partial charge in [-0.15, -0.1) is 0 Å². The van der Waals surface area contributed by atoms with E-state index in [-0.39, 0.29) is 5.41 Å². The Kier molecular flexibility index (Phi) is 4.09. The summed E-state index contributed by atoms with van der Waals surface area (Å²) in [4.78, 5) is 5.14. The maximum absolute atomic E-state index is 4.52. The summed E-state index contributed by atoms with van der Waals surface area (Å²) in [6, 6.07) is 10.9. The topological polar surface area (TPSA) is 12.9 Å². The van der Waals surface area contributed by atoms with Crippen molar-refractivity contribution in [3.05, 3.63) is 42.1 Å². The number of aromatic nitrogens is 1. The fourth-order valence-corrected chi connectivity index (χ4v) is 5.37. The summed E-state index contributed by atoms with van der Waals surface area (Å²) in [5.74, 6) is 1.54. The third kappa shape index (κ3) is 2.88. The molecule has 3 unspecified atom stereocenters. The zero-order chi connectivity index (χ0) is 15.0. The van der Waals surface area contributed by atoms with E-state index in [1.807, 2.05) is 12.3 Å². The van der Waals surface area contributed by atoms with Crippen LogP contribution in [-0.4, -0.2) is 9.81 Å². The Hall–Kier alpha value is -0.890. The Morgan fingerprint density at radius 3 is 2.76 bits per heavy atom. The minimum Gasteiger partial charge on any atom is -0.256 e. The molecule has 2 aromatic rings. The fraction of sp³-hybridized carbons (Fsp3) is 0.526. The lowest BCUT2D eigenvalue weighted by Gasteiger charge is -2.42. The Morgan fingerprint density at radius 2 is 2.00 bits per heavy atom. The first-order valence-corrected chi connectivity index (χ1v) is 8.89. The summed E-state index contributed by atoms with van der Waals surface area (Å²) in [7, 11) is 0. The van der Waals surface area contributed by atoms with Gasteiger partial charge in [-0.25, -0.2) is 0 Å². The van der Waals surface area contributed by atoms with E-state index in [0.717, 1.165) is 11.4 Å². The second-order valence-corrected chi connectivity index (χ2v) is 8.35. The van der Waals surface area contributed by atoms with Gasteiger partial charge in [-0.3, -0.25) is 4.98 Å². The van der Waals surface area contributed by atoms with Gasteiger partial charge < -0.3 is 0 Å². The smallest absolute Gasteiger partial charge is 0.0704 e. The van der Waals surface area contributed by atoms with Crippen molar-refractivity contribution in [2.75, 3.05) is 0 Å². The summed E-state index contributed by atoms with van der Waals surface area (Å²) in [5, 5.41) is 1.23. The van der Waals surface area contributed by atoms with Gasteiger partial charge in [0.05, 0.1) is 5.52 Å². The molecule has 1 aromatic heterocycles. The van der Waals surface area contributed by atoms with Crippen LogP contribution >= 0.6 is 15.9 Å². The van der Waals surface area contributed by atoms with Crippen molar-refractivity contribution < 1.29 is 0 Å². The molecule has 0 bridgehead atoms. The van der Waals surface area contributed by atoms with E-state index in [1.54, 1.807) is 0 Å². The first kappa shape index (κ1) is 15.0. The molecule has 21 heavy (non-hydrogen) atoms. The monoisotopic (exact) mass is 345 g/mol. The number of halogens is 1. The highest BCUT2D eigenvalue weighted by Gasteiger charge is 2.38. The molecule has 1 fully saturated rings. The number of fused-ring (bicyclic) bond motifs is 1. The van der Waals surface area contributed by atoms with Crippen LogP contribution in [0.1, 0.15) is 45.6 Å². The molecule has 1 aliphatic rings. The zero-order valence-electron chi connectivity index (χ0n) is 13.1. The molecule has 1 nitrogen and oxygen atoms in total. The lowest BCUT2D eigenvalue weighted by molar-refractivity contribution is 0.214. The highest BCUT2D eigenvalue weighted by atomic mass is 79.9. The van der Waals surface area contributed by atoms with Gasteiger partial charge in [-0.2, -0.15) is 0 Å². The van der Waals surface area contributed by atoms with Crippen molar-refractivity contribution in [2.45, 2.75) is 50.3 Å². The van der Waals surface area contributed by atoms with Crippen molar-refractivity contribution in [1.29, 1.82) is 0 Å². The van der Waals surface area contributed by atoms with Crippen LogP contribution in [0.3, 0.4) is 0 Å². The van der Waals surface area contributed by atoms with Gasteiger partial charge in [0, 0.05) is 16.4 Å². The molecule has 1 saturated carbocycles. The van der Waals surface area contributed by atoms with Crippen LogP contribution in [0.25, 0.3) is 10.9 Å². The molecule has 0 radical (unpaired) electrons. The predicted octanol–water partition coefficient (Wildman–Crippen LogP) is 5.71. The van der Waals surface area contributed by atoms with Crippen LogP contribution in [0.15, 0.2) is 36.5 Å². The van der Waals surface area contributed by atoms with Crippen LogP contribution in [0.5, 0.6) is 0 Å². The largest absolute Gasteiger partial charge is 0.256 e. The molecular weight excluding hydrogens is 322 g/mol. The van der Waals surface area contributed by atoms with Gasteiger partial charge >= 0.3 is 0 Å². The van der Waals surface area contributed by atoms with Gasteiger partial charge in [0.2, 0.25) is 0 Å². The first-order chi connectivity index (χ1) is 9.98. The lowest BCUT2D eigenvalue weighted by atomic mass is 9.66. The molecular formula is C19H24BrN. The van der Waals surface area contributed by atoms with Gasteiger partial charge in [0.25, 0.3) is 0 Å². The molecule has 1 heterocycles. The Balaban J connectivity index is 1.95. The average molecular weight is 346 g/mol. The van der Waals surface area contributed by atoms with Crippen LogP contribution in [0.2, 0.25) is 0 Å². The van der Waals surface area contributed by atoms with Crippen LogP contribution in [0, 0.1) is 11.8 Å². The fourth-order valence-electron chi connectivity index (χ4n) is 3.81. The molecule has 0 amide bonds. The average Bonchev–Trinajstić information content (AvgIpc) is 2.46. The predicted molar refractivity (Wildman–Crippen MR) is 94.0 cm³/mol. The molecule has 0 spiro atoms. The maximum Gasteiger partial charge on any atom is 0.0704 e. The Morgan fingerprint density at radius 1 is 1.19 bits per heavy atom. The number of benzene rings is 1. The van der Waals surface area contributed by atoms with E-state index in [1.165, 1.54) is 30.2 Å². The van der Waals surface area contributed by atoms with Crippen molar-refractivity contribution in [3.8, 4) is 0 Å². The minimum atomic E-state index is 0.181. The molecule has 0 aliphatic heterocycles. The summed E-state index contributed by atoms with van der Waals surface area (Å²) in [6.45, 7) is 7.16. The van der Waals surface area contributed by atoms with E-state index < -0.39 is 0 Å². The second kappa shape index (κ2) is 5.72. The molecule has 0 N–H and O–H groups in total. The van der Waals surface area contributed by atoms with Crippen molar-refractivity contribution >= 4 is 26.8 Å². The molecule has 3 atom stereocenters. The third-order valence-electron chi connectivity index (χ3n) is 5.31. The van der Waals surface area contributed by atoms with Gasteiger partial charge in [-0.05, 0) is 47.8 Å². The van der Waals surface area contributed by atoms with Gasteiger partial charge in [-0.1, -0.05) is 61.3 Å². The summed E-state index contributed by atoms with van der Waals surface area (Å²) in [5.41, 5.74) is 2.70. The zero-order valence-corrected chi connectivity index (χ0v) is 14.7. The molecule has 0 saturated heterocycles. The number of alkyl halides is 1. The first-order valence-electron chi connectivity index (χ1n) is 7.98. The number of pyridine rings is 1. The van der Waals surface area contributed by atoms with Gasteiger partial charge in [0.1, 0.15) is 0 Å². The highest BCUT2D eigenvalue weighted by molar-refractivity contribution is 9.09. The van der Waals surface area contributed by atoms with E-state index in [9.17, 15) is 0 Å². The lowest BCUT2D eigenvalue weighted by Crippen LogP contribution is -2.38. The highest BCUT2D eigenvalue weighted by Crippen LogP contribution is 2.45. The number of hydrogen-bond donors (Lipinski definition) is 0. The van der Waals surface area contributed by atoms with Crippen molar-refractivity contribution in [2.24, 2.45) is 11.8 Å². The molecule has 3 rings (SSSR count). The summed E-state index contributed by atoms with van der Waals surface area (Å²) in [6.07, 6.45) is 5.83. The van der Waals surface area contributed by atoms with Crippen molar-refractivity contribution in [3.63, 3.8) is 0 Å². The van der Waals surface area contributed by atoms with Gasteiger partial charge in [0.15, 0.2) is 0 Å². The van der Waals surface area contributed by atoms with E-state index in [4.69, 9.17) is 0 Å². The van der Waals surface area contributed by atoms with E-state index in [0.29, 0.717) is 10.7 Å². The summed E-state index contributed by atoms with van der Waals surface area (Å²) >= 11 is 3.96. The Labute approximate surface area is 136 Å². The molecule has 2 heteroatoms. The number of rotatable bonds is 2. The summed E-state index contributed by atoms with van der Waals surface area (Å²) < 4.78 is 0. The maximum atomic E-state index is 4.52. The standard InChI is InChI=1S/C19H24BrN/c1-13-6-9-16(17(20)11-13)19(2,3)15-8-7-14-5-4-10-21-18(14)12-15/h4-5,7-8,10,12-13,16-17H,6,9,11H2,1-3H3. The Bertz CT molecular complexity index is 634. The van der Waals surface area contributed by atoms with Crippen LogP contribution in [0.4, 0.5) is 0 Å². The van der Waals surface area contributed by atoms with Crippen LogP contribution < -0.4 is 0 Å². The van der Waals surface area contributed by atoms with E-state index in [2.05, 4.69) is 66.0 Å². The SMILES string of the molecule is CC1CCC(C(C)(C)c2ccc3cccnc3c2)C(Br)C1. The minimum absolute atomic E-state index is 0.181. The normalized spacial score (nSPS) is 27.0. The second-order valence-electron chi connectivity index (χ2n) is 7.17. The van der Waals surface area contributed by atoms with Crippen molar-refractivity contribution in [1.82, 2.24) is 4.98 Å². The van der Waals surface area contributed by atoms with E-state index >= 15 is 0 Å². The number of nitrogens with zero attached hydrogens (tertiary/aromatic N) is 1.